The molecule has 1 saturated heterocycles. The highest BCUT2D eigenvalue weighted by Crippen LogP contribution is 2.20. The number of nitrogens with one attached hydrogen (secondary N) is 1. The summed E-state index contributed by atoms with van der Waals surface area (Å²) in [5.74, 6) is 0.378. The molecule has 1 aliphatic rings. The number of para-hydroxylation sites is 1. The predicted octanol–water partition coefficient (Wildman–Crippen LogP) is 3.04. The highest BCUT2D eigenvalue weighted by Gasteiger charge is 2.28. The van der Waals surface area contributed by atoms with Gasteiger partial charge in [-0.25, -0.2) is 14.8 Å². The molecular weight excluding hydrogens is 278 g/mol. The van der Waals surface area contributed by atoms with Gasteiger partial charge >= 0.3 is 6.09 Å². The van der Waals surface area contributed by atoms with Crippen molar-refractivity contribution in [3.63, 3.8) is 0 Å². The van der Waals surface area contributed by atoms with Crippen LogP contribution in [0.1, 0.15) is 25.0 Å². The van der Waals surface area contributed by atoms with Crippen LogP contribution in [0, 0.1) is 19.8 Å². The smallest absolute Gasteiger partial charge is 0.411 e. The third-order valence-corrected chi connectivity index (χ3v) is 4.23. The van der Waals surface area contributed by atoms with E-state index in [1.54, 1.807) is 0 Å². The lowest BCUT2D eigenvalue weighted by Gasteiger charge is -2.24. The van der Waals surface area contributed by atoms with Gasteiger partial charge in [0.25, 0.3) is 0 Å². The van der Waals surface area contributed by atoms with Crippen LogP contribution < -0.4 is 5.32 Å². The lowest BCUT2D eigenvalue weighted by Crippen LogP contribution is -2.35. The first-order valence-electron chi connectivity index (χ1n) is 8.04. The number of carbonyl (C=O) groups is 1. The minimum absolute atomic E-state index is 0.365. The molecule has 0 aromatic heterocycles. The van der Waals surface area contributed by atoms with Gasteiger partial charge in [0.2, 0.25) is 0 Å². The van der Waals surface area contributed by atoms with E-state index in [-0.39, 0.29) is 6.09 Å². The van der Waals surface area contributed by atoms with Crippen molar-refractivity contribution < 1.29 is 9.53 Å². The van der Waals surface area contributed by atoms with E-state index in [0.29, 0.717) is 12.5 Å². The number of hydrazine groups is 1. The molecule has 0 atom stereocenters. The van der Waals surface area contributed by atoms with Gasteiger partial charge < -0.3 is 4.74 Å². The number of anilines is 1. The first kappa shape index (κ1) is 16.8. The van der Waals surface area contributed by atoms with Crippen molar-refractivity contribution in [2.45, 2.75) is 27.7 Å². The average molecular weight is 305 g/mol. The molecule has 1 N–H and O–H groups in total. The lowest BCUT2D eigenvalue weighted by molar-refractivity contribution is 0.0388. The van der Waals surface area contributed by atoms with E-state index in [1.165, 1.54) is 0 Å². The highest BCUT2D eigenvalue weighted by atomic mass is 16.5. The van der Waals surface area contributed by atoms with E-state index in [2.05, 4.69) is 29.2 Å². The first-order valence-corrected chi connectivity index (χ1v) is 8.04. The topological polar surface area (TPSA) is 44.8 Å². The van der Waals surface area contributed by atoms with Gasteiger partial charge in [-0.2, -0.15) is 0 Å². The number of rotatable bonds is 5. The molecule has 22 heavy (non-hydrogen) atoms. The number of nitrogens with zero attached hydrogens (tertiary/aromatic N) is 2. The molecule has 0 saturated carbocycles. The van der Waals surface area contributed by atoms with Gasteiger partial charge in [0.05, 0.1) is 6.61 Å². The third kappa shape index (κ3) is 3.99. The van der Waals surface area contributed by atoms with E-state index in [1.807, 2.05) is 32.0 Å². The summed E-state index contributed by atoms with van der Waals surface area (Å²) >= 11 is 0. The van der Waals surface area contributed by atoms with Gasteiger partial charge in [0.15, 0.2) is 0 Å². The SMILES string of the molecule is CCN1CC(COC(=O)Nc2c(C)cccc2C)CN1CC. The Labute approximate surface area is 133 Å². The van der Waals surface area contributed by atoms with Crippen molar-refractivity contribution in [1.29, 1.82) is 0 Å². The second-order valence-electron chi connectivity index (χ2n) is 5.87. The quantitative estimate of drug-likeness (QED) is 0.908. The molecule has 1 aromatic carbocycles. The Morgan fingerprint density at radius 1 is 1.18 bits per heavy atom. The third-order valence-electron chi connectivity index (χ3n) is 4.23. The monoisotopic (exact) mass is 305 g/mol. The van der Waals surface area contributed by atoms with Crippen LogP contribution in [0.5, 0.6) is 0 Å². The van der Waals surface area contributed by atoms with E-state index < -0.39 is 0 Å². The number of hydrogen-bond donors (Lipinski definition) is 1. The van der Waals surface area contributed by atoms with E-state index >= 15 is 0 Å². The van der Waals surface area contributed by atoms with Gasteiger partial charge in [-0.15, -0.1) is 0 Å². The van der Waals surface area contributed by atoms with Gasteiger partial charge in [0, 0.05) is 37.8 Å². The molecule has 5 heteroatoms. The minimum Gasteiger partial charge on any atom is -0.449 e. The van der Waals surface area contributed by atoms with Crippen LogP contribution in [0.15, 0.2) is 18.2 Å². The fourth-order valence-corrected chi connectivity index (χ4v) is 2.99. The number of carbonyl (C=O) groups excluding carboxylic acids is 1. The predicted molar refractivity (Wildman–Crippen MR) is 88.9 cm³/mol. The van der Waals surface area contributed by atoms with E-state index in [9.17, 15) is 4.79 Å². The number of aryl methyl sites for hydroxylation is 2. The average Bonchev–Trinajstić information content (AvgIpc) is 2.91. The summed E-state index contributed by atoms with van der Waals surface area (Å²) in [6.07, 6.45) is -0.365. The minimum atomic E-state index is -0.365. The Morgan fingerprint density at radius 3 is 2.23 bits per heavy atom. The van der Waals surface area contributed by atoms with E-state index in [0.717, 1.165) is 43.0 Å². The van der Waals surface area contributed by atoms with Crippen LogP contribution in [0.25, 0.3) is 0 Å². The van der Waals surface area contributed by atoms with Gasteiger partial charge in [-0.3, -0.25) is 5.32 Å². The molecule has 5 nitrogen and oxygen atoms in total. The molecular formula is C17H27N3O2. The molecule has 1 aromatic rings. The maximum absolute atomic E-state index is 12.0. The summed E-state index contributed by atoms with van der Waals surface area (Å²) < 4.78 is 5.42. The Morgan fingerprint density at radius 2 is 1.73 bits per heavy atom. The van der Waals surface area contributed by atoms with Crippen LogP contribution >= 0.6 is 0 Å². The molecule has 0 radical (unpaired) electrons. The normalized spacial score (nSPS) is 16.9. The first-order chi connectivity index (χ1) is 10.5. The standard InChI is InChI=1S/C17H27N3O2/c1-5-19-10-15(11-20(19)6-2)12-22-17(21)18-16-13(3)8-7-9-14(16)4/h7-9,15H,5-6,10-12H2,1-4H3,(H,18,21). The molecule has 1 aliphatic heterocycles. The Hall–Kier alpha value is -1.59. The second kappa shape index (κ2) is 7.61. The summed E-state index contributed by atoms with van der Waals surface area (Å²) in [6, 6.07) is 5.95. The Bertz CT molecular complexity index is 486. The molecule has 0 aliphatic carbocycles. The second-order valence-corrected chi connectivity index (χ2v) is 5.87. The number of amides is 1. The van der Waals surface area contributed by atoms with Crippen molar-refractivity contribution in [2.24, 2.45) is 5.92 Å². The van der Waals surface area contributed by atoms with Gasteiger partial charge in [0.1, 0.15) is 0 Å². The summed E-state index contributed by atoms with van der Waals surface area (Å²) in [5, 5.41) is 7.50. The van der Waals surface area contributed by atoms with Crippen molar-refractivity contribution in [1.82, 2.24) is 10.0 Å². The molecule has 0 bridgehead atoms. The Balaban J connectivity index is 1.84. The molecule has 0 unspecified atom stereocenters. The number of hydrogen-bond acceptors (Lipinski definition) is 4. The molecule has 0 spiro atoms. The van der Waals surface area contributed by atoms with Gasteiger partial charge in [-0.05, 0) is 25.0 Å². The maximum Gasteiger partial charge on any atom is 0.411 e. The summed E-state index contributed by atoms with van der Waals surface area (Å²) in [5.41, 5.74) is 2.95. The summed E-state index contributed by atoms with van der Waals surface area (Å²) in [7, 11) is 0. The number of benzene rings is 1. The maximum atomic E-state index is 12.0. The van der Waals surface area contributed by atoms with Crippen LogP contribution in [-0.2, 0) is 4.74 Å². The Kier molecular flexibility index (Phi) is 5.80. The van der Waals surface area contributed by atoms with Crippen molar-refractivity contribution in [2.75, 3.05) is 38.1 Å². The van der Waals surface area contributed by atoms with Crippen LogP contribution in [0.2, 0.25) is 0 Å². The van der Waals surface area contributed by atoms with E-state index in [4.69, 9.17) is 4.74 Å². The van der Waals surface area contributed by atoms with Crippen LogP contribution in [0.4, 0.5) is 10.5 Å². The van der Waals surface area contributed by atoms with Crippen molar-refractivity contribution in [3.8, 4) is 0 Å². The largest absolute Gasteiger partial charge is 0.449 e. The number of ether oxygens (including phenoxy) is 1. The van der Waals surface area contributed by atoms with Crippen molar-refractivity contribution >= 4 is 11.8 Å². The molecule has 1 heterocycles. The van der Waals surface area contributed by atoms with Crippen LogP contribution in [-0.4, -0.2) is 48.9 Å². The summed E-state index contributed by atoms with van der Waals surface area (Å²) in [6.45, 7) is 12.7. The zero-order chi connectivity index (χ0) is 16.1. The summed E-state index contributed by atoms with van der Waals surface area (Å²) in [4.78, 5) is 12.0. The molecule has 1 fully saturated rings. The van der Waals surface area contributed by atoms with Crippen molar-refractivity contribution in [3.05, 3.63) is 29.3 Å². The van der Waals surface area contributed by atoms with Crippen LogP contribution in [0.3, 0.4) is 0 Å². The fourth-order valence-electron chi connectivity index (χ4n) is 2.99. The zero-order valence-electron chi connectivity index (χ0n) is 14.1. The molecule has 1 amide bonds. The zero-order valence-corrected chi connectivity index (χ0v) is 14.1. The molecule has 2 rings (SSSR count). The lowest BCUT2D eigenvalue weighted by atomic mass is 10.1. The highest BCUT2D eigenvalue weighted by molar-refractivity contribution is 5.86. The molecule has 122 valence electrons. The van der Waals surface area contributed by atoms with Gasteiger partial charge in [-0.1, -0.05) is 32.0 Å². The fraction of sp³-hybridized carbons (Fsp3) is 0.588.